The fourth-order valence-corrected chi connectivity index (χ4v) is 1.80. The third-order valence-electron chi connectivity index (χ3n) is 2.55. The van der Waals surface area contributed by atoms with Crippen molar-refractivity contribution in [3.05, 3.63) is 22.0 Å². The maximum atomic E-state index is 11.2. The van der Waals surface area contributed by atoms with Crippen molar-refractivity contribution < 1.29 is 4.92 Å². The van der Waals surface area contributed by atoms with Gasteiger partial charge in [0.1, 0.15) is 11.4 Å². The first-order chi connectivity index (χ1) is 9.04. The van der Waals surface area contributed by atoms with Crippen LogP contribution in [0.1, 0.15) is 19.0 Å². The van der Waals surface area contributed by atoms with Crippen LogP contribution in [0, 0.1) is 17.0 Å². The average Bonchev–Trinajstić information content (AvgIpc) is 2.75. The van der Waals surface area contributed by atoms with Crippen LogP contribution in [-0.2, 0) is 6.54 Å². The molecule has 2 aromatic rings. The van der Waals surface area contributed by atoms with Crippen molar-refractivity contribution in [2.75, 3.05) is 5.73 Å². The summed E-state index contributed by atoms with van der Waals surface area (Å²) in [6, 6.07) is 0. The maximum Gasteiger partial charge on any atom is 0.318 e. The van der Waals surface area contributed by atoms with Gasteiger partial charge in [0.15, 0.2) is 5.69 Å². The summed E-state index contributed by atoms with van der Waals surface area (Å²) in [6.45, 7) is 4.09. The summed E-state index contributed by atoms with van der Waals surface area (Å²) in [7, 11) is 0. The van der Waals surface area contributed by atoms with E-state index in [4.69, 9.17) is 5.73 Å². The van der Waals surface area contributed by atoms with Gasteiger partial charge in [-0.1, -0.05) is 12.1 Å². The molecule has 9 heteroatoms. The molecular formula is C10H13N7O2. The number of nitrogens with zero attached hydrogens (tertiary/aromatic N) is 6. The van der Waals surface area contributed by atoms with E-state index >= 15 is 0 Å². The summed E-state index contributed by atoms with van der Waals surface area (Å²) in [4.78, 5) is 18.4. The summed E-state index contributed by atoms with van der Waals surface area (Å²) in [5.74, 6) is -0.0117. The van der Waals surface area contributed by atoms with E-state index < -0.39 is 4.92 Å². The van der Waals surface area contributed by atoms with Crippen molar-refractivity contribution in [2.45, 2.75) is 26.8 Å². The van der Waals surface area contributed by atoms with E-state index in [0.717, 1.165) is 6.42 Å². The van der Waals surface area contributed by atoms with E-state index in [-0.39, 0.29) is 23.0 Å². The van der Waals surface area contributed by atoms with Gasteiger partial charge < -0.3 is 5.73 Å². The lowest BCUT2D eigenvalue weighted by Crippen LogP contribution is -2.08. The normalized spacial score (nSPS) is 10.6. The van der Waals surface area contributed by atoms with Crippen LogP contribution in [0.2, 0.25) is 0 Å². The highest BCUT2D eigenvalue weighted by Gasteiger charge is 2.25. The van der Waals surface area contributed by atoms with Gasteiger partial charge in [0.05, 0.1) is 11.1 Å². The highest BCUT2D eigenvalue weighted by Crippen LogP contribution is 2.30. The number of aromatic nitrogens is 5. The molecule has 0 aromatic carbocycles. The van der Waals surface area contributed by atoms with E-state index in [9.17, 15) is 10.1 Å². The first-order valence-corrected chi connectivity index (χ1v) is 5.72. The topological polar surface area (TPSA) is 126 Å². The van der Waals surface area contributed by atoms with Gasteiger partial charge in [-0.3, -0.25) is 10.1 Å². The number of nitrogens with two attached hydrogens (primary N) is 1. The summed E-state index contributed by atoms with van der Waals surface area (Å²) >= 11 is 0. The molecule has 2 N–H and O–H groups in total. The highest BCUT2D eigenvalue weighted by molar-refractivity contribution is 5.68. The fourth-order valence-electron chi connectivity index (χ4n) is 1.80. The van der Waals surface area contributed by atoms with Crippen LogP contribution in [-0.4, -0.2) is 29.9 Å². The molecular weight excluding hydrogens is 250 g/mol. The number of nitrogen functional groups attached to an aromatic ring is 1. The molecule has 2 heterocycles. The molecule has 0 saturated heterocycles. The summed E-state index contributed by atoms with van der Waals surface area (Å²) in [6.07, 6.45) is 2.26. The van der Waals surface area contributed by atoms with Gasteiger partial charge in [-0.2, -0.15) is 0 Å². The standard InChI is InChI=1S/C10H13N7O2/c1-3-4-16-7(5-12-15-16)8-9(17(18)19)6(2)13-10(11)14-8/h5H,3-4H2,1-2H3,(H2,11,13,14). The van der Waals surface area contributed by atoms with Gasteiger partial charge in [-0.15, -0.1) is 5.10 Å². The molecule has 100 valence electrons. The Hall–Kier alpha value is -2.58. The zero-order chi connectivity index (χ0) is 14.0. The predicted octanol–water partition coefficient (Wildman–Crippen LogP) is 0.944. The number of aryl methyl sites for hydroxylation is 2. The number of anilines is 1. The van der Waals surface area contributed by atoms with Gasteiger partial charge in [0, 0.05) is 6.54 Å². The largest absolute Gasteiger partial charge is 0.368 e. The molecule has 0 bridgehead atoms. The van der Waals surface area contributed by atoms with E-state index in [0.29, 0.717) is 12.2 Å². The first-order valence-electron chi connectivity index (χ1n) is 5.72. The van der Waals surface area contributed by atoms with Crippen LogP contribution < -0.4 is 5.73 Å². The summed E-state index contributed by atoms with van der Waals surface area (Å²) < 4.78 is 1.56. The van der Waals surface area contributed by atoms with Crippen molar-refractivity contribution in [1.29, 1.82) is 0 Å². The molecule has 9 nitrogen and oxygen atoms in total. The monoisotopic (exact) mass is 263 g/mol. The molecule has 0 aliphatic carbocycles. The molecule has 2 rings (SSSR count). The van der Waals surface area contributed by atoms with E-state index in [1.165, 1.54) is 13.1 Å². The molecule has 2 aromatic heterocycles. The lowest BCUT2D eigenvalue weighted by atomic mass is 10.2. The van der Waals surface area contributed by atoms with Gasteiger partial charge in [0.25, 0.3) is 0 Å². The zero-order valence-corrected chi connectivity index (χ0v) is 10.6. The second kappa shape index (κ2) is 4.96. The van der Waals surface area contributed by atoms with Crippen molar-refractivity contribution in [1.82, 2.24) is 25.0 Å². The van der Waals surface area contributed by atoms with Crippen LogP contribution >= 0.6 is 0 Å². The molecule has 0 atom stereocenters. The maximum absolute atomic E-state index is 11.2. The third kappa shape index (κ3) is 2.34. The first kappa shape index (κ1) is 12.9. The van der Waals surface area contributed by atoms with Crippen LogP contribution in [0.5, 0.6) is 0 Å². The molecule has 0 radical (unpaired) electrons. The van der Waals surface area contributed by atoms with Gasteiger partial charge in [-0.05, 0) is 13.3 Å². The molecule has 0 aliphatic heterocycles. The molecule has 0 fully saturated rings. The van der Waals surface area contributed by atoms with E-state index in [1.807, 2.05) is 6.92 Å². The Balaban J connectivity index is 2.66. The van der Waals surface area contributed by atoms with Crippen LogP contribution in [0.4, 0.5) is 11.6 Å². The lowest BCUT2D eigenvalue weighted by Gasteiger charge is -2.06. The second-order valence-electron chi connectivity index (χ2n) is 3.96. The Morgan fingerprint density at radius 1 is 1.47 bits per heavy atom. The summed E-state index contributed by atoms with van der Waals surface area (Å²) in [5.41, 5.74) is 6.22. The van der Waals surface area contributed by atoms with Gasteiger partial charge in [0.2, 0.25) is 5.95 Å². The minimum atomic E-state index is -0.520. The molecule has 0 amide bonds. The molecule has 0 aliphatic rings. The van der Waals surface area contributed by atoms with Crippen molar-refractivity contribution >= 4 is 11.6 Å². The zero-order valence-electron chi connectivity index (χ0n) is 10.6. The van der Waals surface area contributed by atoms with Crippen LogP contribution in [0.25, 0.3) is 11.4 Å². The summed E-state index contributed by atoms with van der Waals surface area (Å²) in [5, 5.41) is 18.8. The Labute approximate surface area is 108 Å². The van der Waals surface area contributed by atoms with Crippen LogP contribution in [0.3, 0.4) is 0 Å². The fraction of sp³-hybridized carbons (Fsp3) is 0.400. The number of hydrogen-bond donors (Lipinski definition) is 1. The molecule has 0 saturated carbocycles. The minimum Gasteiger partial charge on any atom is -0.368 e. The SMILES string of the molecule is CCCn1nncc1-c1nc(N)nc(C)c1[N+](=O)[O-]. The highest BCUT2D eigenvalue weighted by atomic mass is 16.6. The predicted molar refractivity (Wildman–Crippen MR) is 67.1 cm³/mol. The number of nitro groups is 1. The number of rotatable bonds is 4. The Kier molecular flexibility index (Phi) is 3.36. The third-order valence-corrected chi connectivity index (χ3v) is 2.55. The smallest absolute Gasteiger partial charge is 0.318 e. The Bertz CT molecular complexity index is 622. The minimum absolute atomic E-state index is 0.0117. The molecule has 19 heavy (non-hydrogen) atoms. The van der Waals surface area contributed by atoms with E-state index in [2.05, 4.69) is 20.3 Å². The molecule has 0 spiro atoms. The average molecular weight is 263 g/mol. The number of hydrogen-bond acceptors (Lipinski definition) is 7. The van der Waals surface area contributed by atoms with Crippen molar-refractivity contribution in [3.63, 3.8) is 0 Å². The van der Waals surface area contributed by atoms with Crippen LogP contribution in [0.15, 0.2) is 6.20 Å². The lowest BCUT2D eigenvalue weighted by molar-refractivity contribution is -0.385. The second-order valence-corrected chi connectivity index (χ2v) is 3.96. The van der Waals surface area contributed by atoms with Crippen molar-refractivity contribution in [2.24, 2.45) is 0 Å². The quantitative estimate of drug-likeness (QED) is 0.642. The van der Waals surface area contributed by atoms with E-state index in [1.54, 1.807) is 4.68 Å². The van der Waals surface area contributed by atoms with Gasteiger partial charge in [-0.25, -0.2) is 14.6 Å². The Morgan fingerprint density at radius 3 is 2.84 bits per heavy atom. The Morgan fingerprint density at radius 2 is 2.21 bits per heavy atom. The van der Waals surface area contributed by atoms with Gasteiger partial charge >= 0.3 is 5.69 Å². The molecule has 0 unspecified atom stereocenters. The van der Waals surface area contributed by atoms with Crippen molar-refractivity contribution in [3.8, 4) is 11.4 Å².